The Morgan fingerprint density at radius 2 is 2.17 bits per heavy atom. The number of nitrogens with zero attached hydrogens (tertiary/aromatic N) is 4. The van der Waals surface area contributed by atoms with Gasteiger partial charge in [-0.1, -0.05) is 0 Å². The van der Waals surface area contributed by atoms with Crippen LogP contribution in [0.25, 0.3) is 0 Å². The fourth-order valence-electron chi connectivity index (χ4n) is 3.18. The summed E-state index contributed by atoms with van der Waals surface area (Å²) in [4.78, 5) is 19.3. The van der Waals surface area contributed by atoms with E-state index in [-0.39, 0.29) is 12.3 Å². The molecule has 3 N–H and O–H groups in total. The molecule has 7 nitrogen and oxygen atoms in total. The zero-order valence-corrected chi connectivity index (χ0v) is 16.6. The van der Waals surface area contributed by atoms with Gasteiger partial charge in [0.25, 0.3) is 11.8 Å². The van der Waals surface area contributed by atoms with Gasteiger partial charge in [0.15, 0.2) is 5.01 Å². The fourth-order valence-corrected chi connectivity index (χ4v) is 3.71. The highest BCUT2D eigenvalue weighted by molar-refractivity contribution is 7.11. The third-order valence-corrected chi connectivity index (χ3v) is 5.34. The number of amides is 1. The third-order valence-electron chi connectivity index (χ3n) is 4.56. The normalized spacial score (nSPS) is 20.4. The lowest BCUT2D eigenvalue weighted by atomic mass is 9.87. The number of carbonyl (C=O) groups is 1. The molecule has 2 atom stereocenters. The summed E-state index contributed by atoms with van der Waals surface area (Å²) in [7, 11) is 0. The highest BCUT2D eigenvalue weighted by Gasteiger charge is 2.47. The van der Waals surface area contributed by atoms with Gasteiger partial charge in [-0.3, -0.25) is 14.5 Å². The number of carbonyl (C=O) groups excluding carboxylic acids is 1. The van der Waals surface area contributed by atoms with E-state index in [1.807, 2.05) is 0 Å². The lowest BCUT2D eigenvalue weighted by molar-refractivity contribution is -0.0896. The first-order valence-corrected chi connectivity index (χ1v) is 10.0. The molecular formula is C19H22F2N6OS. The van der Waals surface area contributed by atoms with Crippen molar-refractivity contribution >= 4 is 22.9 Å². The predicted molar refractivity (Wildman–Crippen MR) is 107 cm³/mol. The maximum Gasteiger partial charge on any atom is 0.284 e. The van der Waals surface area contributed by atoms with Crippen LogP contribution in [0.2, 0.25) is 0 Å². The van der Waals surface area contributed by atoms with Crippen LogP contribution in [-0.2, 0) is 0 Å². The molecule has 29 heavy (non-hydrogen) atoms. The largest absolute Gasteiger partial charge is 0.326 e. The summed E-state index contributed by atoms with van der Waals surface area (Å²) in [6.07, 6.45) is 7.41. The second kappa shape index (κ2) is 9.19. The van der Waals surface area contributed by atoms with Crippen molar-refractivity contribution in [2.75, 3.05) is 5.32 Å². The standard InChI is InChI=1S/C10H15F2N3.C9H7N3OS/c1-7-4-6-14-15(7)9-8(13)3-2-5-10(9,11)12;13-8(9-11-4-5-14-9)12-7-2-1-3-10-6-7/h4,6,8-9H,2-3,5,13H2,1H3;1-6H,(H,12,13)/t8-,9-;/m1./s1. The minimum atomic E-state index is -2.74. The molecule has 1 amide bonds. The van der Waals surface area contributed by atoms with E-state index in [2.05, 4.69) is 20.4 Å². The zero-order valence-electron chi connectivity index (χ0n) is 15.8. The number of aromatic nitrogens is 4. The fraction of sp³-hybridized carbons (Fsp3) is 0.368. The van der Waals surface area contributed by atoms with Gasteiger partial charge in [-0.25, -0.2) is 13.8 Å². The number of alkyl halides is 2. The monoisotopic (exact) mass is 420 g/mol. The molecule has 3 aromatic heterocycles. The van der Waals surface area contributed by atoms with E-state index >= 15 is 0 Å². The van der Waals surface area contributed by atoms with Crippen LogP contribution in [0.5, 0.6) is 0 Å². The van der Waals surface area contributed by atoms with E-state index in [9.17, 15) is 13.6 Å². The smallest absolute Gasteiger partial charge is 0.284 e. The number of aryl methyl sites for hydroxylation is 1. The number of anilines is 1. The van der Waals surface area contributed by atoms with Crippen molar-refractivity contribution in [2.45, 2.75) is 44.2 Å². The maximum absolute atomic E-state index is 13.7. The van der Waals surface area contributed by atoms with E-state index < -0.39 is 18.0 Å². The Morgan fingerprint density at radius 3 is 2.76 bits per heavy atom. The molecule has 3 heterocycles. The number of halogens is 2. The molecule has 0 radical (unpaired) electrons. The molecule has 1 fully saturated rings. The molecule has 1 saturated carbocycles. The number of hydrogen-bond acceptors (Lipinski definition) is 6. The van der Waals surface area contributed by atoms with Crippen molar-refractivity contribution in [3.05, 3.63) is 59.1 Å². The quantitative estimate of drug-likeness (QED) is 0.674. The molecule has 4 rings (SSSR count). The maximum atomic E-state index is 13.7. The van der Waals surface area contributed by atoms with Gasteiger partial charge < -0.3 is 11.1 Å². The SMILES string of the molecule is Cc1ccnn1[C@@H]1[C@H](N)CCCC1(F)F.O=C(Nc1cccnc1)c1nccs1. The van der Waals surface area contributed by atoms with Crippen molar-refractivity contribution in [3.63, 3.8) is 0 Å². The van der Waals surface area contributed by atoms with Crippen molar-refractivity contribution in [3.8, 4) is 0 Å². The molecule has 0 saturated heterocycles. The van der Waals surface area contributed by atoms with Crippen LogP contribution in [0.3, 0.4) is 0 Å². The van der Waals surface area contributed by atoms with E-state index in [4.69, 9.17) is 5.73 Å². The van der Waals surface area contributed by atoms with Crippen LogP contribution in [0.1, 0.15) is 40.8 Å². The number of hydrogen-bond donors (Lipinski definition) is 2. The van der Waals surface area contributed by atoms with Gasteiger partial charge in [0, 0.05) is 42.1 Å². The first-order valence-electron chi connectivity index (χ1n) is 9.13. The van der Waals surface area contributed by atoms with Gasteiger partial charge in [0.05, 0.1) is 11.9 Å². The summed E-state index contributed by atoms with van der Waals surface area (Å²) in [6, 6.07) is 3.77. The lowest BCUT2D eigenvalue weighted by Gasteiger charge is -2.36. The molecular weight excluding hydrogens is 398 g/mol. The molecule has 10 heteroatoms. The van der Waals surface area contributed by atoms with Crippen molar-refractivity contribution in [2.24, 2.45) is 5.73 Å². The number of thiazole rings is 1. The second-order valence-corrected chi connectivity index (χ2v) is 7.61. The third kappa shape index (κ3) is 5.21. The van der Waals surface area contributed by atoms with Crippen LogP contribution in [0, 0.1) is 6.92 Å². The Kier molecular flexibility index (Phi) is 6.65. The Balaban J connectivity index is 0.000000166. The lowest BCUT2D eigenvalue weighted by Crippen LogP contribution is -2.47. The average molecular weight is 420 g/mol. The van der Waals surface area contributed by atoms with Crippen molar-refractivity contribution in [1.29, 1.82) is 0 Å². The molecule has 0 spiro atoms. The number of pyridine rings is 1. The van der Waals surface area contributed by atoms with Crippen molar-refractivity contribution in [1.82, 2.24) is 19.7 Å². The van der Waals surface area contributed by atoms with Gasteiger partial charge in [-0.05, 0) is 38.0 Å². The Bertz CT molecular complexity index is 916. The summed E-state index contributed by atoms with van der Waals surface area (Å²) in [5.74, 6) is -2.94. The van der Waals surface area contributed by atoms with Gasteiger partial charge >= 0.3 is 0 Å². The highest BCUT2D eigenvalue weighted by atomic mass is 32.1. The molecule has 154 valence electrons. The second-order valence-electron chi connectivity index (χ2n) is 6.71. The number of nitrogens with one attached hydrogen (secondary N) is 1. The highest BCUT2D eigenvalue weighted by Crippen LogP contribution is 2.41. The van der Waals surface area contributed by atoms with Crippen LogP contribution in [0.15, 0.2) is 48.4 Å². The van der Waals surface area contributed by atoms with E-state index in [1.54, 1.807) is 49.1 Å². The molecule has 0 aliphatic heterocycles. The first-order chi connectivity index (χ1) is 13.9. The van der Waals surface area contributed by atoms with Gasteiger partial charge in [-0.2, -0.15) is 5.10 Å². The minimum Gasteiger partial charge on any atom is -0.326 e. The number of nitrogens with two attached hydrogens (primary N) is 1. The Morgan fingerprint density at radius 1 is 1.34 bits per heavy atom. The molecule has 0 aromatic carbocycles. The molecule has 1 aliphatic rings. The molecule has 3 aromatic rings. The molecule has 1 aliphatic carbocycles. The topological polar surface area (TPSA) is 98.7 Å². The van der Waals surface area contributed by atoms with Crippen LogP contribution in [0.4, 0.5) is 14.5 Å². The Hall–Kier alpha value is -2.72. The first kappa shape index (κ1) is 21.0. The van der Waals surface area contributed by atoms with Gasteiger partial charge in [-0.15, -0.1) is 11.3 Å². The van der Waals surface area contributed by atoms with Crippen LogP contribution >= 0.6 is 11.3 Å². The Labute approximate surface area is 171 Å². The molecule has 0 bridgehead atoms. The van der Waals surface area contributed by atoms with Crippen LogP contribution in [-0.4, -0.2) is 37.6 Å². The molecule has 0 unspecified atom stereocenters. The zero-order chi connectivity index (χ0) is 20.9. The minimum absolute atomic E-state index is 0.0926. The van der Waals surface area contributed by atoms with Crippen molar-refractivity contribution < 1.29 is 13.6 Å². The predicted octanol–water partition coefficient (Wildman–Crippen LogP) is 3.67. The summed E-state index contributed by atoms with van der Waals surface area (Å²) < 4.78 is 28.8. The number of rotatable bonds is 3. The summed E-state index contributed by atoms with van der Waals surface area (Å²) in [5.41, 5.74) is 7.18. The van der Waals surface area contributed by atoms with Gasteiger partial charge in [0.1, 0.15) is 6.04 Å². The van der Waals surface area contributed by atoms with E-state index in [0.29, 0.717) is 23.5 Å². The summed E-state index contributed by atoms with van der Waals surface area (Å²) in [6.45, 7) is 1.77. The van der Waals surface area contributed by atoms with Gasteiger partial charge in [0.2, 0.25) is 0 Å². The van der Waals surface area contributed by atoms with Crippen LogP contribution < -0.4 is 11.1 Å². The van der Waals surface area contributed by atoms with E-state index in [0.717, 1.165) is 5.69 Å². The average Bonchev–Trinajstić information content (AvgIpc) is 3.35. The summed E-state index contributed by atoms with van der Waals surface area (Å²) >= 11 is 1.31. The van der Waals surface area contributed by atoms with E-state index in [1.165, 1.54) is 22.2 Å². The summed E-state index contributed by atoms with van der Waals surface area (Å²) in [5, 5.41) is 8.85.